The maximum absolute atomic E-state index is 13.2. The SMILES string of the molecule is CC[C@@H](C)[C@@H](N)C(=O)N1CCC[C@H]1C(=O)N[C@@H](CCCNC(=N)N)C(=O)N([N+]=O)c1ccccc1. The van der Waals surface area contributed by atoms with E-state index in [1.807, 2.05) is 13.8 Å². The summed E-state index contributed by atoms with van der Waals surface area (Å²) in [6.45, 7) is 4.55. The maximum Gasteiger partial charge on any atom is 0.494 e. The number of likely N-dealkylation sites (tertiary alicyclic amines) is 1. The third-order valence-corrected chi connectivity index (χ3v) is 6.27. The highest BCUT2D eigenvalue weighted by Gasteiger charge is 2.40. The van der Waals surface area contributed by atoms with E-state index in [0.717, 1.165) is 6.42 Å². The van der Waals surface area contributed by atoms with Gasteiger partial charge in [0.15, 0.2) is 5.96 Å². The van der Waals surface area contributed by atoms with E-state index >= 15 is 0 Å². The number of benzene rings is 1. The van der Waals surface area contributed by atoms with Crippen LogP contribution in [0.5, 0.6) is 0 Å². The van der Waals surface area contributed by atoms with Crippen LogP contribution in [0.1, 0.15) is 46.0 Å². The van der Waals surface area contributed by atoms with Crippen molar-refractivity contribution in [2.75, 3.05) is 18.1 Å². The van der Waals surface area contributed by atoms with E-state index in [1.54, 1.807) is 30.3 Å². The van der Waals surface area contributed by atoms with E-state index < -0.39 is 29.9 Å². The summed E-state index contributed by atoms with van der Waals surface area (Å²) in [5.41, 5.74) is 11.7. The Kier molecular flexibility index (Phi) is 10.6. The Balaban J connectivity index is 2.18. The summed E-state index contributed by atoms with van der Waals surface area (Å²) in [4.78, 5) is 52.4. The molecular formula is C23H36N8O4+. The van der Waals surface area contributed by atoms with Crippen LogP contribution < -0.4 is 32.4 Å². The fourth-order valence-corrected chi connectivity index (χ4v) is 3.98. The smallest absolute Gasteiger partial charge is 0.370 e. The molecule has 1 aromatic carbocycles. The first kappa shape index (κ1) is 27.7. The van der Waals surface area contributed by atoms with Gasteiger partial charge >= 0.3 is 11.2 Å². The van der Waals surface area contributed by atoms with Crippen LogP contribution in [0.15, 0.2) is 30.3 Å². The Hall–Kier alpha value is -3.54. The minimum atomic E-state index is -1.07. The summed E-state index contributed by atoms with van der Waals surface area (Å²) in [5, 5.41) is 16.2. The molecule has 1 fully saturated rings. The van der Waals surface area contributed by atoms with Crippen LogP contribution in [0.3, 0.4) is 0 Å². The fourth-order valence-electron chi connectivity index (χ4n) is 3.98. The molecule has 0 spiro atoms. The van der Waals surface area contributed by atoms with Crippen molar-refractivity contribution in [2.24, 2.45) is 17.4 Å². The van der Waals surface area contributed by atoms with E-state index in [-0.39, 0.29) is 29.9 Å². The molecule has 7 N–H and O–H groups in total. The van der Waals surface area contributed by atoms with Crippen molar-refractivity contribution in [2.45, 2.75) is 64.1 Å². The van der Waals surface area contributed by atoms with Gasteiger partial charge in [-0.2, -0.15) is 0 Å². The average molecular weight is 489 g/mol. The molecule has 0 unspecified atom stereocenters. The molecule has 0 saturated carbocycles. The van der Waals surface area contributed by atoms with Crippen molar-refractivity contribution >= 4 is 29.4 Å². The zero-order valence-corrected chi connectivity index (χ0v) is 20.3. The molecule has 1 aliphatic heterocycles. The number of nitrogens with two attached hydrogens (primary N) is 2. The molecule has 191 valence electrons. The van der Waals surface area contributed by atoms with E-state index in [1.165, 1.54) is 4.90 Å². The number of carbonyl (C=O) groups is 3. The van der Waals surface area contributed by atoms with Crippen molar-refractivity contribution in [3.63, 3.8) is 0 Å². The highest BCUT2D eigenvalue weighted by molar-refractivity contribution is 5.99. The largest absolute Gasteiger partial charge is 0.494 e. The molecule has 12 heteroatoms. The van der Waals surface area contributed by atoms with Gasteiger partial charge in [-0.3, -0.25) is 19.8 Å². The zero-order chi connectivity index (χ0) is 26.0. The Bertz CT molecular complexity index is 897. The number of rotatable bonds is 12. The van der Waals surface area contributed by atoms with Crippen molar-refractivity contribution in [3.8, 4) is 0 Å². The van der Waals surface area contributed by atoms with Crippen LogP contribution in [0.2, 0.25) is 0 Å². The van der Waals surface area contributed by atoms with Gasteiger partial charge in [-0.15, -0.1) is 0 Å². The molecule has 2 rings (SSSR count). The minimum Gasteiger partial charge on any atom is -0.370 e. The highest BCUT2D eigenvalue weighted by Crippen LogP contribution is 2.21. The van der Waals surface area contributed by atoms with Gasteiger partial charge in [0, 0.05) is 18.1 Å². The molecule has 0 bridgehead atoms. The van der Waals surface area contributed by atoms with E-state index in [4.69, 9.17) is 16.9 Å². The zero-order valence-electron chi connectivity index (χ0n) is 20.3. The van der Waals surface area contributed by atoms with Crippen LogP contribution in [0, 0.1) is 16.2 Å². The van der Waals surface area contributed by atoms with Crippen LogP contribution in [0.25, 0.3) is 0 Å². The highest BCUT2D eigenvalue weighted by atomic mass is 16.3. The maximum atomic E-state index is 13.2. The van der Waals surface area contributed by atoms with Gasteiger partial charge < -0.3 is 27.0 Å². The molecule has 12 nitrogen and oxygen atoms in total. The Morgan fingerprint density at radius 2 is 1.97 bits per heavy atom. The molecule has 3 amide bonds. The molecule has 0 aromatic heterocycles. The summed E-state index contributed by atoms with van der Waals surface area (Å²) in [7, 11) is 0. The molecule has 4 atom stereocenters. The first-order chi connectivity index (χ1) is 16.7. The van der Waals surface area contributed by atoms with Crippen molar-refractivity contribution in [1.82, 2.24) is 20.8 Å². The summed E-state index contributed by atoms with van der Waals surface area (Å²) in [5.74, 6) is -1.72. The van der Waals surface area contributed by atoms with E-state index in [2.05, 4.69) is 15.9 Å². The van der Waals surface area contributed by atoms with Crippen molar-refractivity contribution in [1.29, 1.82) is 5.41 Å². The van der Waals surface area contributed by atoms with Crippen LogP contribution in [-0.4, -0.2) is 59.8 Å². The second kappa shape index (κ2) is 13.4. The predicted octanol–water partition coefficient (Wildman–Crippen LogP) is 0.149. The molecule has 0 aliphatic carbocycles. The lowest BCUT2D eigenvalue weighted by Crippen LogP contribution is -2.56. The third kappa shape index (κ3) is 7.47. The number of guanidine groups is 1. The second-order valence-corrected chi connectivity index (χ2v) is 8.71. The van der Waals surface area contributed by atoms with E-state index in [9.17, 15) is 19.3 Å². The van der Waals surface area contributed by atoms with Crippen LogP contribution in [0.4, 0.5) is 5.69 Å². The van der Waals surface area contributed by atoms with Gasteiger partial charge in [0.25, 0.3) is 0 Å². The van der Waals surface area contributed by atoms with Gasteiger partial charge in [-0.25, -0.2) is 0 Å². The summed E-state index contributed by atoms with van der Waals surface area (Å²) >= 11 is 0. The molecule has 1 aliphatic rings. The number of para-hydroxylation sites is 1. The summed E-state index contributed by atoms with van der Waals surface area (Å²) < 4.78 is 0. The van der Waals surface area contributed by atoms with Crippen molar-refractivity contribution < 1.29 is 14.4 Å². The molecule has 35 heavy (non-hydrogen) atoms. The number of hydrogen-bond donors (Lipinski definition) is 5. The van der Waals surface area contributed by atoms with Gasteiger partial charge in [-0.1, -0.05) is 38.5 Å². The lowest BCUT2D eigenvalue weighted by molar-refractivity contribution is -0.141. The topological polar surface area (TPSA) is 189 Å². The molecule has 1 saturated heterocycles. The number of carbonyl (C=O) groups excluding carboxylic acids is 3. The number of hydrogen-bond acceptors (Lipinski definition) is 7. The van der Waals surface area contributed by atoms with Crippen molar-refractivity contribution in [3.05, 3.63) is 35.2 Å². The first-order valence-electron chi connectivity index (χ1n) is 11.9. The number of nitrogens with one attached hydrogen (secondary N) is 3. The number of nitroso groups, excluding NO2 is 1. The normalized spacial score (nSPS) is 17.7. The lowest BCUT2D eigenvalue weighted by Gasteiger charge is -2.29. The number of anilines is 1. The van der Waals surface area contributed by atoms with Crippen LogP contribution >= 0.6 is 0 Å². The third-order valence-electron chi connectivity index (χ3n) is 6.27. The first-order valence-corrected chi connectivity index (χ1v) is 11.9. The fraction of sp³-hybridized carbons (Fsp3) is 0.565. The minimum absolute atomic E-state index is 0.0343. The van der Waals surface area contributed by atoms with Gasteiger partial charge in [-0.05, 0) is 43.7 Å². The molecule has 1 radical (unpaired) electrons. The second-order valence-electron chi connectivity index (χ2n) is 8.71. The van der Waals surface area contributed by atoms with E-state index in [0.29, 0.717) is 37.4 Å². The Morgan fingerprint density at radius 3 is 2.57 bits per heavy atom. The molecule has 1 aromatic rings. The Morgan fingerprint density at radius 1 is 1.29 bits per heavy atom. The molecular weight excluding hydrogens is 452 g/mol. The standard InChI is InChI=1S/C23H36N8O4/c1-3-15(2)19(24)22(34)30-14-8-12-18(30)20(32)28-17(11-7-13-27-23(25)26)21(33)31(29-35)16-9-5-4-6-10-16/h4-6,9-10,15,17-19H,3,7-8,11-14,24H2,1-2H3,(H,28,32)(H4,25,26,27)/q+1/t15-,17+,18+,19-/m1/s1. The van der Waals surface area contributed by atoms with Gasteiger partial charge in [0.2, 0.25) is 11.8 Å². The van der Waals surface area contributed by atoms with Crippen LogP contribution in [-0.2, 0) is 14.4 Å². The Labute approximate surface area is 205 Å². The average Bonchev–Trinajstić information content (AvgIpc) is 3.35. The summed E-state index contributed by atoms with van der Waals surface area (Å²) in [6, 6.07) is 5.64. The number of nitrogens with zero attached hydrogens (tertiary/aromatic N) is 3. The predicted molar refractivity (Wildman–Crippen MR) is 133 cm³/mol. The monoisotopic (exact) mass is 488 g/mol. The lowest BCUT2D eigenvalue weighted by atomic mass is 9.98. The number of amides is 3. The molecule has 1 heterocycles. The van der Waals surface area contributed by atoms with Gasteiger partial charge in [0.05, 0.1) is 6.04 Å². The summed E-state index contributed by atoms with van der Waals surface area (Å²) in [6.07, 6.45) is 2.37. The van der Waals surface area contributed by atoms with Gasteiger partial charge in [0.1, 0.15) is 22.7 Å². The quantitative estimate of drug-likeness (QED) is 0.120.